The molecule has 2 aromatic rings. The van der Waals surface area contributed by atoms with E-state index in [2.05, 4.69) is 10.3 Å². The SMILES string of the molecule is CC(=O)Nc1nc(C(=O)OCC(=O)N2CCc3sccc3C2)cs1. The van der Waals surface area contributed by atoms with Crippen LogP contribution in [0, 0.1) is 0 Å². The van der Waals surface area contributed by atoms with Crippen LogP contribution < -0.4 is 5.32 Å². The Kier molecular flexibility index (Phi) is 4.91. The van der Waals surface area contributed by atoms with Gasteiger partial charge in [-0.3, -0.25) is 9.59 Å². The van der Waals surface area contributed by atoms with Crippen molar-refractivity contribution in [3.8, 4) is 0 Å². The van der Waals surface area contributed by atoms with E-state index in [0.29, 0.717) is 18.2 Å². The normalized spacial score (nSPS) is 13.3. The van der Waals surface area contributed by atoms with Gasteiger partial charge in [0.05, 0.1) is 0 Å². The number of thiazole rings is 1. The smallest absolute Gasteiger partial charge is 0.358 e. The first-order valence-corrected chi connectivity index (χ1v) is 9.02. The van der Waals surface area contributed by atoms with E-state index in [1.54, 1.807) is 16.2 Å². The van der Waals surface area contributed by atoms with Crippen molar-refractivity contribution in [1.29, 1.82) is 0 Å². The fourth-order valence-corrected chi connectivity index (χ4v) is 3.94. The van der Waals surface area contributed by atoms with Gasteiger partial charge in [0.2, 0.25) is 5.91 Å². The fraction of sp³-hybridized carbons (Fsp3) is 0.333. The molecule has 3 heterocycles. The number of nitrogens with zero attached hydrogens (tertiary/aromatic N) is 2. The Morgan fingerprint density at radius 2 is 2.21 bits per heavy atom. The summed E-state index contributed by atoms with van der Waals surface area (Å²) in [5.74, 6) is -1.17. The van der Waals surface area contributed by atoms with E-state index >= 15 is 0 Å². The van der Waals surface area contributed by atoms with Gasteiger partial charge in [-0.1, -0.05) is 0 Å². The molecular weight excluding hydrogens is 350 g/mol. The topological polar surface area (TPSA) is 88.6 Å². The number of hydrogen-bond donors (Lipinski definition) is 1. The first-order valence-electron chi connectivity index (χ1n) is 7.26. The zero-order valence-corrected chi connectivity index (χ0v) is 14.5. The molecule has 0 unspecified atom stereocenters. The van der Waals surface area contributed by atoms with E-state index in [1.807, 2.05) is 11.4 Å². The van der Waals surface area contributed by atoms with E-state index in [4.69, 9.17) is 4.74 Å². The third-order valence-corrected chi connectivity index (χ3v) is 5.26. The standard InChI is InChI=1S/C15H15N3O4S2/c1-9(19)16-15-17-11(8-24-15)14(21)22-7-13(20)18-4-2-12-10(6-18)3-5-23-12/h3,5,8H,2,4,6-7H2,1H3,(H,16,17,19). The molecule has 2 amide bonds. The number of rotatable bonds is 4. The molecule has 1 N–H and O–H groups in total. The Bertz CT molecular complexity index is 783. The molecule has 0 aromatic carbocycles. The van der Waals surface area contributed by atoms with Gasteiger partial charge in [0.1, 0.15) is 0 Å². The van der Waals surface area contributed by atoms with Crippen molar-refractivity contribution >= 4 is 45.6 Å². The number of carbonyl (C=O) groups is 3. The lowest BCUT2D eigenvalue weighted by molar-refractivity contribution is -0.135. The van der Waals surface area contributed by atoms with Gasteiger partial charge in [-0.25, -0.2) is 9.78 Å². The van der Waals surface area contributed by atoms with Gasteiger partial charge in [-0.15, -0.1) is 22.7 Å². The average molecular weight is 365 g/mol. The molecule has 7 nitrogen and oxygen atoms in total. The largest absolute Gasteiger partial charge is 0.451 e. The minimum Gasteiger partial charge on any atom is -0.451 e. The van der Waals surface area contributed by atoms with Crippen LogP contribution in [-0.4, -0.2) is 40.8 Å². The van der Waals surface area contributed by atoms with Gasteiger partial charge in [0.25, 0.3) is 5.91 Å². The summed E-state index contributed by atoms with van der Waals surface area (Å²) in [4.78, 5) is 42.0. The average Bonchev–Trinajstić information content (AvgIpc) is 3.19. The Labute approximate surface area is 146 Å². The number of amides is 2. The summed E-state index contributed by atoms with van der Waals surface area (Å²) in [7, 11) is 0. The second-order valence-corrected chi connectivity index (χ2v) is 7.09. The number of fused-ring (bicyclic) bond motifs is 1. The Balaban J connectivity index is 1.52. The number of carbonyl (C=O) groups excluding carboxylic acids is 3. The van der Waals surface area contributed by atoms with Crippen LogP contribution in [0.5, 0.6) is 0 Å². The molecule has 0 aliphatic carbocycles. The number of anilines is 1. The summed E-state index contributed by atoms with van der Waals surface area (Å²) in [6, 6.07) is 2.02. The Hall–Kier alpha value is -2.26. The molecule has 0 radical (unpaired) electrons. The van der Waals surface area contributed by atoms with Crippen LogP contribution in [0.2, 0.25) is 0 Å². The van der Waals surface area contributed by atoms with E-state index < -0.39 is 5.97 Å². The maximum atomic E-state index is 12.2. The molecule has 1 aliphatic heterocycles. The van der Waals surface area contributed by atoms with Crippen LogP contribution in [0.25, 0.3) is 0 Å². The van der Waals surface area contributed by atoms with Crippen molar-refractivity contribution in [3.63, 3.8) is 0 Å². The second-order valence-electron chi connectivity index (χ2n) is 5.23. The van der Waals surface area contributed by atoms with E-state index in [1.165, 1.54) is 17.2 Å². The van der Waals surface area contributed by atoms with Crippen LogP contribution in [0.1, 0.15) is 27.9 Å². The summed E-state index contributed by atoms with van der Waals surface area (Å²) >= 11 is 2.82. The monoisotopic (exact) mass is 365 g/mol. The molecule has 1 aliphatic rings. The summed E-state index contributed by atoms with van der Waals surface area (Å²) in [5, 5.41) is 6.32. The predicted octanol–water partition coefficient (Wildman–Crippen LogP) is 1.90. The number of esters is 1. The lowest BCUT2D eigenvalue weighted by Crippen LogP contribution is -2.38. The molecule has 126 valence electrons. The van der Waals surface area contributed by atoms with Crippen molar-refractivity contribution in [2.75, 3.05) is 18.5 Å². The number of aromatic nitrogens is 1. The van der Waals surface area contributed by atoms with Crippen molar-refractivity contribution in [2.45, 2.75) is 19.9 Å². The highest BCUT2D eigenvalue weighted by Gasteiger charge is 2.23. The Morgan fingerprint density at radius 3 is 3.00 bits per heavy atom. The molecule has 0 spiro atoms. The van der Waals surface area contributed by atoms with Crippen molar-refractivity contribution in [2.24, 2.45) is 0 Å². The quantitative estimate of drug-likeness (QED) is 0.836. The van der Waals surface area contributed by atoms with E-state index in [-0.39, 0.29) is 24.1 Å². The van der Waals surface area contributed by atoms with Crippen LogP contribution in [0.3, 0.4) is 0 Å². The second kappa shape index (κ2) is 7.10. The summed E-state index contributed by atoms with van der Waals surface area (Å²) in [6.07, 6.45) is 0.832. The third-order valence-electron chi connectivity index (χ3n) is 3.48. The van der Waals surface area contributed by atoms with Gasteiger partial charge in [0, 0.05) is 30.3 Å². The third kappa shape index (κ3) is 3.80. The molecule has 3 rings (SSSR count). The molecule has 0 fully saturated rings. The minimum absolute atomic E-state index is 0.0790. The van der Waals surface area contributed by atoms with Crippen LogP contribution in [-0.2, 0) is 27.3 Å². The zero-order chi connectivity index (χ0) is 17.1. The Morgan fingerprint density at radius 1 is 1.38 bits per heavy atom. The molecule has 0 saturated carbocycles. The van der Waals surface area contributed by atoms with Crippen LogP contribution >= 0.6 is 22.7 Å². The van der Waals surface area contributed by atoms with Gasteiger partial charge in [-0.2, -0.15) is 0 Å². The summed E-state index contributed by atoms with van der Waals surface area (Å²) in [6.45, 7) is 2.23. The number of ether oxygens (including phenoxy) is 1. The van der Waals surface area contributed by atoms with Crippen molar-refractivity contribution < 1.29 is 19.1 Å². The maximum absolute atomic E-state index is 12.2. The molecule has 0 atom stereocenters. The van der Waals surface area contributed by atoms with Gasteiger partial charge < -0.3 is 15.0 Å². The molecule has 0 bridgehead atoms. The molecule has 0 saturated heterocycles. The number of nitrogens with one attached hydrogen (secondary N) is 1. The van der Waals surface area contributed by atoms with E-state index in [9.17, 15) is 14.4 Å². The van der Waals surface area contributed by atoms with Crippen LogP contribution in [0.15, 0.2) is 16.8 Å². The van der Waals surface area contributed by atoms with Crippen molar-refractivity contribution in [1.82, 2.24) is 9.88 Å². The lowest BCUT2D eigenvalue weighted by atomic mass is 10.1. The minimum atomic E-state index is -0.676. The maximum Gasteiger partial charge on any atom is 0.358 e. The fourth-order valence-electron chi connectivity index (χ4n) is 2.33. The molecule has 9 heteroatoms. The molecule has 2 aromatic heterocycles. The van der Waals surface area contributed by atoms with E-state index in [0.717, 1.165) is 23.3 Å². The van der Waals surface area contributed by atoms with Gasteiger partial charge >= 0.3 is 5.97 Å². The number of hydrogen-bond acceptors (Lipinski definition) is 7. The summed E-state index contributed by atoms with van der Waals surface area (Å²) in [5.41, 5.74) is 1.24. The van der Waals surface area contributed by atoms with Crippen LogP contribution in [0.4, 0.5) is 5.13 Å². The van der Waals surface area contributed by atoms with Gasteiger partial charge in [-0.05, 0) is 23.4 Å². The van der Waals surface area contributed by atoms with Crippen molar-refractivity contribution in [3.05, 3.63) is 33.0 Å². The first kappa shape index (κ1) is 16.6. The zero-order valence-electron chi connectivity index (χ0n) is 12.9. The highest BCUT2D eigenvalue weighted by atomic mass is 32.1. The molecule has 24 heavy (non-hydrogen) atoms. The highest BCUT2D eigenvalue weighted by molar-refractivity contribution is 7.14. The molecular formula is C15H15N3O4S2. The first-order chi connectivity index (χ1) is 11.5. The van der Waals surface area contributed by atoms with Gasteiger partial charge in [0.15, 0.2) is 17.4 Å². The lowest BCUT2D eigenvalue weighted by Gasteiger charge is -2.26. The predicted molar refractivity (Wildman–Crippen MR) is 90.1 cm³/mol. The summed E-state index contributed by atoms with van der Waals surface area (Å²) < 4.78 is 5.03. The highest BCUT2D eigenvalue weighted by Crippen LogP contribution is 2.24. The number of thiophene rings is 1.